The van der Waals surface area contributed by atoms with Crippen LogP contribution in [-0.2, 0) is 11.3 Å². The summed E-state index contributed by atoms with van der Waals surface area (Å²) in [6.07, 6.45) is -8.85. The molecule has 1 amide bonds. The first-order valence-corrected chi connectivity index (χ1v) is 15.6. The summed E-state index contributed by atoms with van der Waals surface area (Å²) in [5.74, 6) is -2.58. The number of alkyl halides is 7. The fraction of sp³-hybridized carbons (Fsp3) is 0.414. The number of ether oxygens (including phenoxy) is 2. The Kier molecular flexibility index (Phi) is 15.6. The maximum absolute atomic E-state index is 12.8. The Morgan fingerprint density at radius 3 is 2.16 bits per heavy atom. The normalized spacial score (nSPS) is 11.6. The van der Waals surface area contributed by atoms with Gasteiger partial charge in [0.25, 0.3) is 5.91 Å². The highest BCUT2D eigenvalue weighted by Crippen LogP contribution is 2.26. The van der Waals surface area contributed by atoms with Crippen LogP contribution in [0.25, 0.3) is 0 Å². The Bertz CT molecular complexity index is 1530. The molecule has 0 aliphatic carbocycles. The molecule has 2 aromatic carbocycles. The molecular formula is C29H33BrClF6N7O5. The summed E-state index contributed by atoms with van der Waals surface area (Å²) in [4.78, 5) is 33.5. The first kappa shape index (κ1) is 41.1. The van der Waals surface area contributed by atoms with Crippen LogP contribution in [0.2, 0.25) is 5.02 Å². The zero-order valence-corrected chi connectivity index (χ0v) is 28.4. The van der Waals surface area contributed by atoms with Crippen LogP contribution in [0.1, 0.15) is 36.2 Å². The zero-order chi connectivity index (χ0) is 36.8. The molecule has 0 spiro atoms. The van der Waals surface area contributed by atoms with E-state index in [4.69, 9.17) is 36.7 Å². The van der Waals surface area contributed by atoms with E-state index in [1.807, 2.05) is 13.8 Å². The second-order valence-corrected chi connectivity index (χ2v) is 11.9. The van der Waals surface area contributed by atoms with E-state index in [0.717, 1.165) is 17.3 Å². The largest absolute Gasteiger partial charge is 0.492 e. The number of nitrogens with one attached hydrogen (secondary N) is 3. The maximum atomic E-state index is 12.8. The van der Waals surface area contributed by atoms with Crippen LogP contribution >= 0.6 is 27.5 Å². The lowest BCUT2D eigenvalue weighted by molar-refractivity contribution is -0.192. The Labute approximate surface area is 290 Å². The molecule has 0 unspecified atom stereocenters. The van der Waals surface area contributed by atoms with Crippen molar-refractivity contribution < 1.29 is 50.5 Å². The maximum Gasteiger partial charge on any atom is 0.490 e. The Hall–Kier alpha value is -4.10. The van der Waals surface area contributed by atoms with Crippen LogP contribution < -0.4 is 31.2 Å². The van der Waals surface area contributed by atoms with Gasteiger partial charge in [0.05, 0.1) is 11.6 Å². The number of aromatic nitrogens is 3. The Balaban J connectivity index is 0.00000107. The SMILES string of the molecule is CC(C)(CN)CNC(=O)c1ccc(Nc2nc(NCc3ccc(OCCCBr)c(Cl)c3)nc(OCC(F)(F)F)n2)cc1.O=C(O)C(F)(F)F. The molecule has 0 radical (unpaired) electrons. The highest BCUT2D eigenvalue weighted by Gasteiger charge is 2.38. The summed E-state index contributed by atoms with van der Waals surface area (Å²) >= 11 is 9.66. The summed E-state index contributed by atoms with van der Waals surface area (Å²) in [5, 5.41) is 17.0. The Morgan fingerprint density at radius 2 is 1.61 bits per heavy atom. The molecule has 12 nitrogen and oxygen atoms in total. The Morgan fingerprint density at radius 1 is 0.980 bits per heavy atom. The van der Waals surface area contributed by atoms with Gasteiger partial charge in [-0.3, -0.25) is 4.79 Å². The molecule has 1 heterocycles. The van der Waals surface area contributed by atoms with Crippen LogP contribution in [-0.4, -0.2) is 75.9 Å². The van der Waals surface area contributed by atoms with Gasteiger partial charge in [0.15, 0.2) is 6.61 Å². The van der Waals surface area contributed by atoms with Crippen LogP contribution in [0.5, 0.6) is 11.8 Å². The van der Waals surface area contributed by atoms with Gasteiger partial charge in [-0.1, -0.05) is 47.4 Å². The third-order valence-electron chi connectivity index (χ3n) is 5.89. The molecule has 270 valence electrons. The van der Waals surface area contributed by atoms with Crippen molar-refractivity contribution in [1.82, 2.24) is 20.3 Å². The number of benzene rings is 2. The van der Waals surface area contributed by atoms with Crippen molar-refractivity contribution in [2.45, 2.75) is 39.2 Å². The summed E-state index contributed by atoms with van der Waals surface area (Å²) in [6, 6.07) is 11.1. The molecule has 3 rings (SSSR count). The quantitative estimate of drug-likeness (QED) is 0.0662. The highest BCUT2D eigenvalue weighted by atomic mass is 79.9. The minimum atomic E-state index is -5.08. The van der Waals surface area contributed by atoms with Gasteiger partial charge in [-0.15, -0.1) is 0 Å². The van der Waals surface area contributed by atoms with Gasteiger partial charge >= 0.3 is 24.3 Å². The number of anilines is 3. The number of amides is 1. The smallest absolute Gasteiger partial charge is 0.490 e. The van der Waals surface area contributed by atoms with Gasteiger partial charge in [0.1, 0.15) is 5.75 Å². The molecule has 0 fully saturated rings. The van der Waals surface area contributed by atoms with E-state index in [1.165, 1.54) is 0 Å². The van der Waals surface area contributed by atoms with E-state index in [2.05, 4.69) is 46.8 Å². The third kappa shape index (κ3) is 15.8. The van der Waals surface area contributed by atoms with Crippen LogP contribution in [0, 0.1) is 5.41 Å². The molecule has 49 heavy (non-hydrogen) atoms. The third-order valence-corrected chi connectivity index (χ3v) is 6.74. The predicted octanol–water partition coefficient (Wildman–Crippen LogP) is 6.33. The van der Waals surface area contributed by atoms with Gasteiger partial charge in [0, 0.05) is 29.7 Å². The highest BCUT2D eigenvalue weighted by molar-refractivity contribution is 9.09. The molecule has 6 N–H and O–H groups in total. The lowest BCUT2D eigenvalue weighted by Gasteiger charge is -2.22. The average molecular weight is 789 g/mol. The van der Waals surface area contributed by atoms with E-state index in [0.29, 0.717) is 41.7 Å². The van der Waals surface area contributed by atoms with Crippen molar-refractivity contribution in [2.75, 3.05) is 42.3 Å². The number of carboxylic acids is 1. The number of carboxylic acid groups (broad SMARTS) is 1. The first-order chi connectivity index (χ1) is 22.8. The van der Waals surface area contributed by atoms with Crippen molar-refractivity contribution in [3.8, 4) is 11.8 Å². The topological polar surface area (TPSA) is 174 Å². The van der Waals surface area contributed by atoms with Gasteiger partial charge < -0.3 is 36.3 Å². The molecule has 0 aliphatic heterocycles. The van der Waals surface area contributed by atoms with E-state index < -0.39 is 30.9 Å². The number of nitrogens with zero attached hydrogens (tertiary/aromatic N) is 3. The van der Waals surface area contributed by atoms with E-state index in [1.54, 1.807) is 42.5 Å². The van der Waals surface area contributed by atoms with E-state index >= 15 is 0 Å². The lowest BCUT2D eigenvalue weighted by atomic mass is 9.94. The average Bonchev–Trinajstić information content (AvgIpc) is 3.02. The molecule has 20 heteroatoms. The lowest BCUT2D eigenvalue weighted by Crippen LogP contribution is -2.38. The van der Waals surface area contributed by atoms with Crippen LogP contribution in [0.4, 0.5) is 43.9 Å². The summed E-state index contributed by atoms with van der Waals surface area (Å²) in [6.45, 7) is 3.84. The standard InChI is InChI=1S/C27H32BrClF3N7O3.C2HF3O2/c1-26(2,14-33)15-35-22(40)18-5-7-19(8-6-18)36-24-37-23(38-25(39-24)42-16-27(30,31)32)34-13-17-4-9-21(20(29)12-17)41-11-3-10-28;3-2(4,5)1(6)7/h4-9,12H,3,10-11,13-16,33H2,1-2H3,(H,35,40)(H2,34,36,37,38,39);(H,6,7). The first-order valence-electron chi connectivity index (χ1n) is 14.1. The van der Waals surface area contributed by atoms with Crippen LogP contribution in [0.15, 0.2) is 42.5 Å². The number of hydrogen-bond acceptors (Lipinski definition) is 10. The zero-order valence-electron chi connectivity index (χ0n) is 26.0. The second-order valence-electron chi connectivity index (χ2n) is 10.7. The van der Waals surface area contributed by atoms with Gasteiger partial charge in [-0.25, -0.2) is 4.79 Å². The van der Waals surface area contributed by atoms with Gasteiger partial charge in [-0.2, -0.15) is 41.3 Å². The number of rotatable bonds is 15. The summed E-state index contributed by atoms with van der Waals surface area (Å²) in [5.41, 5.74) is 7.11. The minimum absolute atomic E-state index is 0.0306. The fourth-order valence-electron chi connectivity index (χ4n) is 3.22. The number of aliphatic carboxylic acids is 1. The van der Waals surface area contributed by atoms with Crippen molar-refractivity contribution in [1.29, 1.82) is 0 Å². The van der Waals surface area contributed by atoms with Crippen molar-refractivity contribution >= 4 is 57.0 Å². The van der Waals surface area contributed by atoms with Gasteiger partial charge in [0.2, 0.25) is 11.9 Å². The minimum Gasteiger partial charge on any atom is -0.492 e. The van der Waals surface area contributed by atoms with E-state index in [-0.39, 0.29) is 29.8 Å². The van der Waals surface area contributed by atoms with E-state index in [9.17, 15) is 31.1 Å². The molecule has 0 atom stereocenters. The number of hydrogen-bond donors (Lipinski definition) is 5. The summed E-state index contributed by atoms with van der Waals surface area (Å²) in [7, 11) is 0. The van der Waals surface area contributed by atoms with Crippen molar-refractivity contribution in [3.63, 3.8) is 0 Å². The van der Waals surface area contributed by atoms with Crippen LogP contribution in [0.3, 0.4) is 0 Å². The number of carbonyl (C=O) groups is 2. The monoisotopic (exact) mass is 787 g/mol. The molecule has 0 aliphatic rings. The fourth-order valence-corrected chi connectivity index (χ4v) is 3.71. The van der Waals surface area contributed by atoms with Gasteiger partial charge in [-0.05, 0) is 60.3 Å². The number of carbonyl (C=O) groups excluding carboxylic acids is 1. The number of nitrogens with two attached hydrogens (primary N) is 1. The number of halogens is 8. The molecule has 1 aromatic heterocycles. The molecular weight excluding hydrogens is 756 g/mol. The van der Waals surface area contributed by atoms with Crippen molar-refractivity contribution in [3.05, 3.63) is 58.6 Å². The summed E-state index contributed by atoms with van der Waals surface area (Å²) < 4.78 is 80.5. The molecule has 0 saturated heterocycles. The predicted molar refractivity (Wildman–Crippen MR) is 173 cm³/mol. The van der Waals surface area contributed by atoms with Crippen molar-refractivity contribution in [2.24, 2.45) is 11.1 Å². The second kappa shape index (κ2) is 18.6. The molecule has 3 aromatic rings. The molecule has 0 bridgehead atoms. The molecule has 0 saturated carbocycles.